The number of hydrogen-bond donors (Lipinski definition) is 1. The van der Waals surface area contributed by atoms with Crippen molar-refractivity contribution in [1.29, 1.82) is 0 Å². The smallest absolute Gasteiger partial charge is 0.104 e. The van der Waals surface area contributed by atoms with Crippen molar-refractivity contribution < 1.29 is 28.5 Å². The minimum Gasteiger partial charge on any atom is -1.00 e. The van der Waals surface area contributed by atoms with Crippen LogP contribution < -0.4 is 30.1 Å². The van der Waals surface area contributed by atoms with Gasteiger partial charge in [0.15, 0.2) is 0 Å². The molecule has 3 N–H and O–H groups in total. The van der Waals surface area contributed by atoms with E-state index in [1.54, 1.807) is 0 Å². The SMILES string of the molecule is CCCCCCCCCCCCCCCC[N+](C)(C)Cc1ccccc1.I.N.[I-]. The normalized spacial score (nSPS) is 10.6. The lowest BCUT2D eigenvalue weighted by Crippen LogP contribution is -3.00. The second kappa shape index (κ2) is 23.3. The molecule has 0 aliphatic heterocycles. The molecule has 1 aromatic carbocycles. The molecular formula is C25H50I2N2. The molecule has 2 nitrogen and oxygen atoms in total. The highest BCUT2D eigenvalue weighted by molar-refractivity contribution is 14.0. The largest absolute Gasteiger partial charge is 1.00 e. The van der Waals surface area contributed by atoms with Gasteiger partial charge >= 0.3 is 0 Å². The van der Waals surface area contributed by atoms with Gasteiger partial charge in [-0.2, -0.15) is 0 Å². The van der Waals surface area contributed by atoms with E-state index in [1.165, 1.54) is 102 Å². The Kier molecular flexibility index (Phi) is 27.5. The molecule has 0 unspecified atom stereocenters. The molecule has 0 atom stereocenters. The van der Waals surface area contributed by atoms with Crippen LogP contribution in [0.3, 0.4) is 0 Å². The van der Waals surface area contributed by atoms with Gasteiger partial charge in [0.1, 0.15) is 6.54 Å². The van der Waals surface area contributed by atoms with E-state index in [-0.39, 0.29) is 54.1 Å². The first kappa shape index (κ1) is 34.2. The van der Waals surface area contributed by atoms with Crippen molar-refractivity contribution in [3.05, 3.63) is 35.9 Å². The number of benzene rings is 1. The molecule has 0 aliphatic carbocycles. The number of halogens is 2. The molecule has 0 fully saturated rings. The first-order valence-electron chi connectivity index (χ1n) is 11.5. The van der Waals surface area contributed by atoms with Crippen LogP contribution in [-0.4, -0.2) is 25.1 Å². The van der Waals surface area contributed by atoms with E-state index in [9.17, 15) is 0 Å². The van der Waals surface area contributed by atoms with Crippen LogP contribution in [0.2, 0.25) is 0 Å². The summed E-state index contributed by atoms with van der Waals surface area (Å²) < 4.78 is 1.11. The van der Waals surface area contributed by atoms with Gasteiger partial charge in [0.2, 0.25) is 0 Å². The number of unbranched alkanes of at least 4 members (excludes halogenated alkanes) is 13. The van der Waals surface area contributed by atoms with E-state index < -0.39 is 0 Å². The number of quaternary nitrogens is 1. The van der Waals surface area contributed by atoms with E-state index >= 15 is 0 Å². The quantitative estimate of drug-likeness (QED) is 0.137. The van der Waals surface area contributed by atoms with Crippen LogP contribution in [-0.2, 0) is 6.54 Å². The van der Waals surface area contributed by atoms with Crippen molar-refractivity contribution in [2.45, 2.75) is 103 Å². The average Bonchev–Trinajstić information content (AvgIpc) is 2.62. The summed E-state index contributed by atoms with van der Waals surface area (Å²) in [5.74, 6) is 0. The van der Waals surface area contributed by atoms with Gasteiger partial charge in [-0.3, -0.25) is 0 Å². The molecule has 0 saturated heterocycles. The number of hydrogen-bond acceptors (Lipinski definition) is 1. The zero-order valence-corrected chi connectivity index (χ0v) is 24.1. The summed E-state index contributed by atoms with van der Waals surface area (Å²) in [5.41, 5.74) is 1.46. The summed E-state index contributed by atoms with van der Waals surface area (Å²) in [6.07, 6.45) is 20.2. The minimum atomic E-state index is 0. The van der Waals surface area contributed by atoms with Gasteiger partial charge in [0.05, 0.1) is 20.6 Å². The molecular weight excluding hydrogens is 582 g/mol. The van der Waals surface area contributed by atoms with Gasteiger partial charge < -0.3 is 34.6 Å². The lowest BCUT2D eigenvalue weighted by atomic mass is 10.0. The van der Waals surface area contributed by atoms with Crippen LogP contribution in [0.5, 0.6) is 0 Å². The van der Waals surface area contributed by atoms with Crippen LogP contribution in [0.4, 0.5) is 0 Å². The molecule has 0 bridgehead atoms. The van der Waals surface area contributed by atoms with E-state index in [1.807, 2.05) is 0 Å². The predicted octanol–water partition coefficient (Wildman–Crippen LogP) is 5.53. The molecule has 0 aromatic heterocycles. The third-order valence-electron chi connectivity index (χ3n) is 5.57. The van der Waals surface area contributed by atoms with Gasteiger partial charge in [-0.15, -0.1) is 24.0 Å². The third kappa shape index (κ3) is 21.6. The molecule has 0 saturated carbocycles. The third-order valence-corrected chi connectivity index (χ3v) is 5.57. The highest BCUT2D eigenvalue weighted by Gasteiger charge is 2.14. The molecule has 0 spiro atoms. The lowest BCUT2D eigenvalue weighted by molar-refractivity contribution is -0.903. The Hall–Kier alpha value is 0.600. The Labute approximate surface area is 217 Å². The molecule has 174 valence electrons. The first-order chi connectivity index (χ1) is 12.6. The van der Waals surface area contributed by atoms with Crippen LogP contribution in [0.25, 0.3) is 0 Å². The zero-order chi connectivity index (χ0) is 18.9. The van der Waals surface area contributed by atoms with Gasteiger partial charge in [-0.1, -0.05) is 114 Å². The van der Waals surface area contributed by atoms with Crippen molar-refractivity contribution in [1.82, 2.24) is 6.15 Å². The van der Waals surface area contributed by atoms with Gasteiger partial charge in [-0.25, -0.2) is 0 Å². The monoisotopic (exact) mass is 632 g/mol. The topological polar surface area (TPSA) is 35.0 Å². The molecule has 4 heteroatoms. The Morgan fingerprint density at radius 2 is 1.00 bits per heavy atom. The molecule has 0 aliphatic rings. The summed E-state index contributed by atoms with van der Waals surface area (Å²) in [4.78, 5) is 0. The Bertz CT molecular complexity index is 424. The fourth-order valence-corrected chi connectivity index (χ4v) is 3.89. The summed E-state index contributed by atoms with van der Waals surface area (Å²) in [7, 11) is 4.74. The lowest BCUT2D eigenvalue weighted by Gasteiger charge is -2.30. The van der Waals surface area contributed by atoms with Crippen molar-refractivity contribution in [2.75, 3.05) is 20.6 Å². The van der Waals surface area contributed by atoms with Crippen molar-refractivity contribution in [2.24, 2.45) is 0 Å². The van der Waals surface area contributed by atoms with Crippen molar-refractivity contribution in [3.63, 3.8) is 0 Å². The maximum atomic E-state index is 2.37. The number of nitrogens with zero attached hydrogens (tertiary/aromatic N) is 1. The van der Waals surface area contributed by atoms with Crippen molar-refractivity contribution in [3.8, 4) is 0 Å². The highest BCUT2D eigenvalue weighted by Crippen LogP contribution is 2.14. The van der Waals surface area contributed by atoms with Crippen LogP contribution in [0.1, 0.15) is 102 Å². The number of rotatable bonds is 17. The standard InChI is InChI=1S/C25H46N.2HI.H3N/c1-4-5-6-7-8-9-10-11-12-13-14-15-16-20-23-26(2,3)24-25-21-18-17-19-22-25;;;/h17-19,21-22H,4-16,20,23-24H2,1-3H3;2*1H;1H3/q+1;;;/p-1. The van der Waals surface area contributed by atoms with E-state index in [0.29, 0.717) is 0 Å². The Morgan fingerprint density at radius 1 is 0.621 bits per heavy atom. The minimum absolute atomic E-state index is 0. The molecule has 0 radical (unpaired) electrons. The van der Waals surface area contributed by atoms with E-state index in [2.05, 4.69) is 51.4 Å². The van der Waals surface area contributed by atoms with Gasteiger partial charge in [0, 0.05) is 5.56 Å². The van der Waals surface area contributed by atoms with Crippen LogP contribution >= 0.6 is 24.0 Å². The molecule has 1 aromatic rings. The molecule has 0 amide bonds. The summed E-state index contributed by atoms with van der Waals surface area (Å²) in [6.45, 7) is 4.75. The fourth-order valence-electron chi connectivity index (χ4n) is 3.89. The molecule has 0 heterocycles. The van der Waals surface area contributed by atoms with E-state index in [0.717, 1.165) is 11.0 Å². The Morgan fingerprint density at radius 3 is 1.41 bits per heavy atom. The summed E-state index contributed by atoms with van der Waals surface area (Å²) in [5, 5.41) is 0. The first-order valence-corrected chi connectivity index (χ1v) is 11.5. The maximum absolute atomic E-state index is 2.37. The van der Waals surface area contributed by atoms with Gasteiger partial charge in [0.25, 0.3) is 0 Å². The second-order valence-corrected chi connectivity index (χ2v) is 8.90. The average molecular weight is 632 g/mol. The van der Waals surface area contributed by atoms with Crippen LogP contribution in [0, 0.1) is 0 Å². The maximum Gasteiger partial charge on any atom is 0.104 e. The Balaban J connectivity index is -0.00000225. The second-order valence-electron chi connectivity index (χ2n) is 8.90. The molecule has 1 rings (SSSR count). The van der Waals surface area contributed by atoms with E-state index in [4.69, 9.17) is 0 Å². The van der Waals surface area contributed by atoms with Crippen molar-refractivity contribution >= 4 is 24.0 Å². The van der Waals surface area contributed by atoms with Crippen LogP contribution in [0.15, 0.2) is 30.3 Å². The summed E-state index contributed by atoms with van der Waals surface area (Å²) in [6, 6.07) is 10.9. The highest BCUT2D eigenvalue weighted by atomic mass is 127. The fraction of sp³-hybridized carbons (Fsp3) is 0.760. The van der Waals surface area contributed by atoms with Gasteiger partial charge in [-0.05, 0) is 12.8 Å². The predicted molar refractivity (Wildman–Crippen MR) is 138 cm³/mol. The zero-order valence-electron chi connectivity index (χ0n) is 19.6. The molecule has 29 heavy (non-hydrogen) atoms. The summed E-state index contributed by atoms with van der Waals surface area (Å²) >= 11 is 0.